The summed E-state index contributed by atoms with van der Waals surface area (Å²) >= 11 is 0. The van der Waals surface area contributed by atoms with E-state index < -0.39 is 0 Å². The van der Waals surface area contributed by atoms with Crippen LogP contribution in [0.15, 0.2) is 18.2 Å². The van der Waals surface area contributed by atoms with Gasteiger partial charge in [-0.05, 0) is 57.5 Å². The number of amides is 3. The molecule has 0 unspecified atom stereocenters. The van der Waals surface area contributed by atoms with Crippen LogP contribution < -0.4 is 10.6 Å². The van der Waals surface area contributed by atoms with E-state index in [0.29, 0.717) is 12.5 Å². The third-order valence-corrected chi connectivity index (χ3v) is 5.35. The van der Waals surface area contributed by atoms with Gasteiger partial charge in [-0.15, -0.1) is 0 Å². The minimum Gasteiger partial charge on any atom is -0.331 e. The van der Waals surface area contributed by atoms with Gasteiger partial charge < -0.3 is 20.4 Å². The second-order valence-corrected chi connectivity index (χ2v) is 7.32. The first-order valence-corrected chi connectivity index (χ1v) is 9.08. The Bertz CT molecular complexity index is 651. The molecule has 0 aliphatic carbocycles. The number of likely N-dealkylation sites (tertiary alicyclic amines) is 1. The number of anilines is 1. The molecule has 6 nitrogen and oxygen atoms in total. The molecule has 1 aromatic rings. The SMILES string of the molecule is C[C@H](NC(=O)N1CCC(N(C)C)CC1)c1ccc2c(c1)CCC(=O)N2. The zero-order chi connectivity index (χ0) is 18.0. The predicted molar refractivity (Wildman–Crippen MR) is 98.6 cm³/mol. The van der Waals surface area contributed by atoms with Crippen LogP contribution in [0.25, 0.3) is 0 Å². The summed E-state index contributed by atoms with van der Waals surface area (Å²) in [4.78, 5) is 28.1. The van der Waals surface area contributed by atoms with E-state index in [1.165, 1.54) is 0 Å². The summed E-state index contributed by atoms with van der Waals surface area (Å²) in [5.41, 5.74) is 3.11. The number of rotatable bonds is 3. The number of aryl methyl sites for hydroxylation is 1. The van der Waals surface area contributed by atoms with Crippen LogP contribution in [0.5, 0.6) is 0 Å². The molecule has 1 atom stereocenters. The first-order chi connectivity index (χ1) is 11.9. The Morgan fingerprint density at radius 1 is 1.28 bits per heavy atom. The Labute approximate surface area is 149 Å². The maximum absolute atomic E-state index is 12.5. The van der Waals surface area contributed by atoms with E-state index in [1.54, 1.807) is 0 Å². The van der Waals surface area contributed by atoms with Gasteiger partial charge in [0.1, 0.15) is 0 Å². The lowest BCUT2D eigenvalue weighted by molar-refractivity contribution is -0.116. The predicted octanol–water partition coefficient (Wildman–Crippen LogP) is 2.37. The van der Waals surface area contributed by atoms with Gasteiger partial charge in [-0.25, -0.2) is 4.79 Å². The third-order valence-electron chi connectivity index (χ3n) is 5.35. The number of carbonyl (C=O) groups excluding carboxylic acids is 2. The standard InChI is InChI=1S/C19H28N4O2/c1-13(14-4-6-17-15(12-14)5-7-18(24)21-17)20-19(25)23-10-8-16(9-11-23)22(2)3/h4,6,12-13,16H,5,7-11H2,1-3H3,(H,20,25)(H,21,24)/t13-/m0/s1. The van der Waals surface area contributed by atoms with Crippen molar-refractivity contribution in [2.45, 2.75) is 44.7 Å². The van der Waals surface area contributed by atoms with Gasteiger partial charge in [0.15, 0.2) is 0 Å². The quantitative estimate of drug-likeness (QED) is 0.885. The average molecular weight is 344 g/mol. The molecule has 0 aromatic heterocycles. The molecule has 25 heavy (non-hydrogen) atoms. The maximum atomic E-state index is 12.5. The number of nitrogens with zero attached hydrogens (tertiary/aromatic N) is 2. The van der Waals surface area contributed by atoms with Gasteiger partial charge in [-0.2, -0.15) is 0 Å². The molecule has 2 heterocycles. The summed E-state index contributed by atoms with van der Waals surface area (Å²) in [6.45, 7) is 3.61. The topological polar surface area (TPSA) is 64.7 Å². The highest BCUT2D eigenvalue weighted by Gasteiger charge is 2.25. The van der Waals surface area contributed by atoms with E-state index in [4.69, 9.17) is 0 Å². The molecule has 1 saturated heterocycles. The minimum absolute atomic E-state index is 0.00993. The number of carbonyl (C=O) groups is 2. The summed E-state index contributed by atoms with van der Waals surface area (Å²) in [6.07, 6.45) is 3.33. The van der Waals surface area contributed by atoms with Crippen molar-refractivity contribution in [1.29, 1.82) is 0 Å². The molecule has 3 amide bonds. The van der Waals surface area contributed by atoms with Crippen molar-refractivity contribution in [2.24, 2.45) is 0 Å². The maximum Gasteiger partial charge on any atom is 0.317 e. The molecule has 3 rings (SSSR count). The molecule has 0 saturated carbocycles. The van der Waals surface area contributed by atoms with E-state index >= 15 is 0 Å². The molecule has 1 fully saturated rings. The van der Waals surface area contributed by atoms with E-state index in [1.807, 2.05) is 24.0 Å². The van der Waals surface area contributed by atoms with Gasteiger partial charge in [0.25, 0.3) is 0 Å². The van der Waals surface area contributed by atoms with Crippen LogP contribution in [-0.4, -0.2) is 55.0 Å². The lowest BCUT2D eigenvalue weighted by Gasteiger charge is -2.35. The first-order valence-electron chi connectivity index (χ1n) is 9.08. The Hall–Kier alpha value is -2.08. The van der Waals surface area contributed by atoms with Crippen LogP contribution in [-0.2, 0) is 11.2 Å². The van der Waals surface area contributed by atoms with Crippen molar-refractivity contribution in [1.82, 2.24) is 15.1 Å². The van der Waals surface area contributed by atoms with Crippen molar-refractivity contribution in [3.05, 3.63) is 29.3 Å². The molecule has 0 radical (unpaired) electrons. The highest BCUT2D eigenvalue weighted by atomic mass is 16.2. The highest BCUT2D eigenvalue weighted by Crippen LogP contribution is 2.26. The summed E-state index contributed by atoms with van der Waals surface area (Å²) in [5.74, 6) is 0.0720. The number of fused-ring (bicyclic) bond motifs is 1. The largest absolute Gasteiger partial charge is 0.331 e. The third kappa shape index (κ3) is 4.12. The van der Waals surface area contributed by atoms with Gasteiger partial charge >= 0.3 is 6.03 Å². The van der Waals surface area contributed by atoms with Crippen LogP contribution >= 0.6 is 0 Å². The van der Waals surface area contributed by atoms with Gasteiger partial charge in [0.2, 0.25) is 5.91 Å². The number of piperidine rings is 1. The molecule has 0 bridgehead atoms. The van der Waals surface area contributed by atoms with Crippen molar-refractivity contribution >= 4 is 17.6 Å². The fourth-order valence-electron chi connectivity index (χ4n) is 3.62. The molecule has 136 valence electrons. The van der Waals surface area contributed by atoms with E-state index in [0.717, 1.165) is 49.2 Å². The van der Waals surface area contributed by atoms with Crippen LogP contribution in [0.2, 0.25) is 0 Å². The molecule has 0 spiro atoms. The Morgan fingerprint density at radius 3 is 2.68 bits per heavy atom. The average Bonchev–Trinajstić information content (AvgIpc) is 2.61. The van der Waals surface area contributed by atoms with Crippen LogP contribution in [0.1, 0.15) is 43.4 Å². The fraction of sp³-hybridized carbons (Fsp3) is 0.579. The lowest BCUT2D eigenvalue weighted by atomic mass is 9.98. The van der Waals surface area contributed by atoms with Crippen LogP contribution in [0.4, 0.5) is 10.5 Å². The Balaban J connectivity index is 1.58. The lowest BCUT2D eigenvalue weighted by Crippen LogP contribution is -2.48. The second kappa shape index (κ2) is 7.44. The molecular formula is C19H28N4O2. The molecule has 2 N–H and O–H groups in total. The number of hydrogen-bond acceptors (Lipinski definition) is 3. The summed E-state index contributed by atoms with van der Waals surface area (Å²) in [7, 11) is 4.20. The smallest absolute Gasteiger partial charge is 0.317 e. The van der Waals surface area contributed by atoms with Crippen molar-refractivity contribution in [2.75, 3.05) is 32.5 Å². The van der Waals surface area contributed by atoms with Gasteiger partial charge in [-0.1, -0.05) is 12.1 Å². The summed E-state index contributed by atoms with van der Waals surface area (Å²) in [6, 6.07) is 6.54. The van der Waals surface area contributed by atoms with Crippen molar-refractivity contribution in [3.63, 3.8) is 0 Å². The van der Waals surface area contributed by atoms with Crippen molar-refractivity contribution in [3.8, 4) is 0 Å². The van der Waals surface area contributed by atoms with Crippen molar-refractivity contribution < 1.29 is 9.59 Å². The minimum atomic E-state index is -0.0537. The zero-order valence-corrected chi connectivity index (χ0v) is 15.3. The van der Waals surface area contributed by atoms with Gasteiger partial charge in [0.05, 0.1) is 6.04 Å². The second-order valence-electron chi connectivity index (χ2n) is 7.32. The molecule has 2 aliphatic heterocycles. The zero-order valence-electron chi connectivity index (χ0n) is 15.3. The van der Waals surface area contributed by atoms with Crippen LogP contribution in [0.3, 0.4) is 0 Å². The number of hydrogen-bond donors (Lipinski definition) is 2. The summed E-state index contributed by atoms with van der Waals surface area (Å²) < 4.78 is 0. The Morgan fingerprint density at radius 2 is 2.00 bits per heavy atom. The fourth-order valence-corrected chi connectivity index (χ4v) is 3.62. The van der Waals surface area contributed by atoms with Gasteiger partial charge in [0, 0.05) is 31.2 Å². The molecule has 6 heteroatoms. The first kappa shape index (κ1) is 17.7. The Kier molecular flexibility index (Phi) is 5.27. The van der Waals surface area contributed by atoms with Gasteiger partial charge in [-0.3, -0.25) is 4.79 Å². The van der Waals surface area contributed by atoms with Crippen LogP contribution in [0, 0.1) is 0 Å². The van der Waals surface area contributed by atoms with E-state index in [-0.39, 0.29) is 18.0 Å². The monoisotopic (exact) mass is 344 g/mol. The summed E-state index contributed by atoms with van der Waals surface area (Å²) in [5, 5.41) is 6.00. The molecular weight excluding hydrogens is 316 g/mol. The van der Waals surface area contributed by atoms with E-state index in [9.17, 15) is 9.59 Å². The number of nitrogens with one attached hydrogen (secondary N) is 2. The highest BCUT2D eigenvalue weighted by molar-refractivity contribution is 5.93. The molecule has 2 aliphatic rings. The normalized spacial score (nSPS) is 19.4. The molecule has 1 aromatic carbocycles. The number of urea groups is 1. The van der Waals surface area contributed by atoms with E-state index in [2.05, 4.69) is 35.7 Å². The number of benzene rings is 1.